The van der Waals surface area contributed by atoms with Crippen LogP contribution in [0.2, 0.25) is 0 Å². The first-order chi connectivity index (χ1) is 10.3. The van der Waals surface area contributed by atoms with Gasteiger partial charge in [-0.25, -0.2) is 4.39 Å². The lowest BCUT2D eigenvalue weighted by atomic mass is 10.1. The van der Waals surface area contributed by atoms with E-state index in [9.17, 15) is 4.39 Å². The van der Waals surface area contributed by atoms with Gasteiger partial charge in [0, 0.05) is 44.4 Å². The third-order valence-electron chi connectivity index (χ3n) is 3.94. The molecule has 6 heteroatoms. The van der Waals surface area contributed by atoms with Crippen LogP contribution >= 0.6 is 0 Å². The molecule has 0 radical (unpaired) electrons. The van der Waals surface area contributed by atoms with Crippen molar-refractivity contribution in [2.75, 3.05) is 53.0 Å². The van der Waals surface area contributed by atoms with Gasteiger partial charge in [-0.1, -0.05) is 0 Å². The van der Waals surface area contributed by atoms with E-state index in [1.807, 2.05) is 0 Å². The van der Waals surface area contributed by atoms with Gasteiger partial charge >= 0.3 is 0 Å². The summed E-state index contributed by atoms with van der Waals surface area (Å²) < 4.78 is 30.8. The Balaban J connectivity index is 1.81. The Hall–Kier alpha value is -1.53. The summed E-state index contributed by atoms with van der Waals surface area (Å²) in [5.41, 5.74) is 0.558. The number of halogens is 1. The molecule has 0 amide bonds. The Kier molecular flexibility index (Phi) is 4.45. The third-order valence-corrected chi connectivity index (χ3v) is 3.94. The molecule has 0 aliphatic carbocycles. The highest BCUT2D eigenvalue weighted by Gasteiger charge is 2.24. The molecule has 0 atom stereocenters. The van der Waals surface area contributed by atoms with Crippen molar-refractivity contribution < 1.29 is 18.6 Å². The fraction of sp³-hybridized carbons (Fsp3) is 0.600. The number of hydrogen-bond donors (Lipinski definition) is 1. The van der Waals surface area contributed by atoms with Crippen molar-refractivity contribution >= 4 is 0 Å². The number of nitrogens with one attached hydrogen (secondary N) is 1. The van der Waals surface area contributed by atoms with E-state index in [4.69, 9.17) is 14.2 Å². The molecular weight excluding hydrogens is 275 g/mol. The molecule has 2 heterocycles. The minimum absolute atomic E-state index is 0.217. The molecule has 0 aromatic heterocycles. The van der Waals surface area contributed by atoms with Crippen molar-refractivity contribution in [2.24, 2.45) is 0 Å². The number of rotatable bonds is 4. The van der Waals surface area contributed by atoms with Crippen molar-refractivity contribution in [1.29, 1.82) is 0 Å². The van der Waals surface area contributed by atoms with Crippen LogP contribution in [-0.4, -0.2) is 57.9 Å². The summed E-state index contributed by atoms with van der Waals surface area (Å²) in [5.74, 6) is 0.996. The van der Waals surface area contributed by atoms with Crippen LogP contribution in [0.15, 0.2) is 6.07 Å². The quantitative estimate of drug-likeness (QED) is 0.900. The molecule has 0 spiro atoms. The Morgan fingerprint density at radius 3 is 2.81 bits per heavy atom. The molecule has 3 rings (SSSR count). The van der Waals surface area contributed by atoms with Gasteiger partial charge in [0.05, 0.1) is 7.11 Å². The van der Waals surface area contributed by atoms with Crippen LogP contribution in [0.4, 0.5) is 4.39 Å². The maximum atomic E-state index is 14.5. The zero-order valence-corrected chi connectivity index (χ0v) is 12.3. The smallest absolute Gasteiger partial charge is 0.172 e. The Bertz CT molecular complexity index is 504. The summed E-state index contributed by atoms with van der Waals surface area (Å²) in [6.45, 7) is 5.70. The van der Waals surface area contributed by atoms with E-state index < -0.39 is 0 Å². The van der Waals surface area contributed by atoms with E-state index in [1.54, 1.807) is 6.07 Å². The molecule has 1 aromatic rings. The van der Waals surface area contributed by atoms with E-state index >= 15 is 0 Å². The first-order valence-corrected chi connectivity index (χ1v) is 7.37. The molecule has 0 saturated carbocycles. The minimum Gasteiger partial charge on any atom is -0.494 e. The van der Waals surface area contributed by atoms with Crippen LogP contribution in [0.25, 0.3) is 0 Å². The number of piperazine rings is 1. The number of benzene rings is 1. The molecule has 1 fully saturated rings. The van der Waals surface area contributed by atoms with Crippen molar-refractivity contribution in [3.63, 3.8) is 0 Å². The topological polar surface area (TPSA) is 43.0 Å². The second-order valence-electron chi connectivity index (χ2n) is 5.24. The molecule has 2 aliphatic heterocycles. The lowest BCUT2D eigenvalue weighted by Crippen LogP contribution is -2.44. The Labute approximate surface area is 124 Å². The average molecular weight is 296 g/mol. The second kappa shape index (κ2) is 6.49. The Morgan fingerprint density at radius 2 is 2.05 bits per heavy atom. The van der Waals surface area contributed by atoms with E-state index in [-0.39, 0.29) is 11.6 Å². The van der Waals surface area contributed by atoms with Crippen molar-refractivity contribution in [1.82, 2.24) is 10.2 Å². The molecule has 1 saturated heterocycles. The van der Waals surface area contributed by atoms with Crippen molar-refractivity contribution in [3.05, 3.63) is 17.4 Å². The highest BCUT2D eigenvalue weighted by atomic mass is 19.1. The number of fused-ring (bicyclic) bond motifs is 1. The van der Waals surface area contributed by atoms with Gasteiger partial charge in [0.1, 0.15) is 13.2 Å². The summed E-state index contributed by atoms with van der Waals surface area (Å²) in [4.78, 5) is 2.32. The highest BCUT2D eigenvalue weighted by Crippen LogP contribution is 2.40. The maximum absolute atomic E-state index is 14.5. The molecular formula is C15H21FN2O3. The van der Waals surface area contributed by atoms with Gasteiger partial charge in [0.25, 0.3) is 0 Å². The number of nitrogens with zero attached hydrogens (tertiary/aromatic N) is 1. The van der Waals surface area contributed by atoms with E-state index in [0.717, 1.165) is 32.7 Å². The summed E-state index contributed by atoms with van der Waals surface area (Å²) in [5, 5.41) is 3.31. The summed E-state index contributed by atoms with van der Waals surface area (Å²) in [6.07, 6.45) is 0.592. The maximum Gasteiger partial charge on any atom is 0.172 e. The van der Waals surface area contributed by atoms with Gasteiger partial charge < -0.3 is 24.4 Å². The lowest BCUT2D eigenvalue weighted by molar-refractivity contribution is 0.166. The second-order valence-corrected chi connectivity index (χ2v) is 5.24. The first-order valence-electron chi connectivity index (χ1n) is 7.37. The predicted octanol–water partition coefficient (Wildman–Crippen LogP) is 1.05. The monoisotopic (exact) mass is 296 g/mol. The minimum atomic E-state index is -0.336. The average Bonchev–Trinajstić information content (AvgIpc) is 2.54. The molecule has 1 N–H and O–H groups in total. The zero-order chi connectivity index (χ0) is 14.7. The number of hydrogen-bond acceptors (Lipinski definition) is 5. The van der Waals surface area contributed by atoms with Gasteiger partial charge in [-0.15, -0.1) is 0 Å². The molecule has 2 aliphatic rings. The summed E-state index contributed by atoms with van der Waals surface area (Å²) in [7, 11) is 1.47. The van der Waals surface area contributed by atoms with Gasteiger partial charge in [-0.2, -0.15) is 0 Å². The summed E-state index contributed by atoms with van der Waals surface area (Å²) >= 11 is 0. The van der Waals surface area contributed by atoms with Crippen LogP contribution in [-0.2, 0) is 6.42 Å². The van der Waals surface area contributed by atoms with Crippen LogP contribution in [0.3, 0.4) is 0 Å². The summed E-state index contributed by atoms with van der Waals surface area (Å²) in [6, 6.07) is 1.57. The zero-order valence-electron chi connectivity index (χ0n) is 12.3. The molecule has 5 nitrogen and oxygen atoms in total. The fourth-order valence-electron chi connectivity index (χ4n) is 2.78. The number of methoxy groups -OCH3 is 1. The lowest BCUT2D eigenvalue weighted by Gasteiger charge is -2.28. The Morgan fingerprint density at radius 1 is 1.29 bits per heavy atom. The van der Waals surface area contributed by atoms with Gasteiger partial charge in [-0.05, 0) is 6.42 Å². The molecule has 1 aromatic carbocycles. The molecule has 116 valence electrons. The van der Waals surface area contributed by atoms with Gasteiger partial charge in [0.15, 0.2) is 23.1 Å². The largest absolute Gasteiger partial charge is 0.494 e. The fourth-order valence-corrected chi connectivity index (χ4v) is 2.78. The molecule has 0 bridgehead atoms. The van der Waals surface area contributed by atoms with Crippen LogP contribution in [0, 0.1) is 5.82 Å². The first kappa shape index (κ1) is 14.4. The predicted molar refractivity (Wildman–Crippen MR) is 77.0 cm³/mol. The van der Waals surface area contributed by atoms with E-state index in [2.05, 4.69) is 10.2 Å². The van der Waals surface area contributed by atoms with E-state index in [0.29, 0.717) is 36.7 Å². The normalized spacial score (nSPS) is 18.6. The van der Waals surface area contributed by atoms with Gasteiger partial charge in [0.2, 0.25) is 0 Å². The van der Waals surface area contributed by atoms with Crippen LogP contribution in [0.1, 0.15) is 5.56 Å². The van der Waals surface area contributed by atoms with E-state index in [1.165, 1.54) is 7.11 Å². The van der Waals surface area contributed by atoms with Crippen LogP contribution < -0.4 is 19.5 Å². The number of ether oxygens (including phenoxy) is 3. The molecule has 21 heavy (non-hydrogen) atoms. The highest BCUT2D eigenvalue weighted by molar-refractivity contribution is 5.53. The third kappa shape index (κ3) is 3.06. The standard InChI is InChI=1S/C15H21FN2O3/c1-19-12-10-13-15(21-9-8-20-13)11(14(12)16)2-5-18-6-3-17-4-7-18/h10,17H,2-9H2,1H3. The van der Waals surface area contributed by atoms with Gasteiger partial charge in [-0.3, -0.25) is 0 Å². The SMILES string of the molecule is COc1cc2c(c(CCN3CCNCC3)c1F)OCCO2. The molecule has 0 unspecified atom stereocenters. The van der Waals surface area contributed by atoms with Crippen molar-refractivity contribution in [2.45, 2.75) is 6.42 Å². The van der Waals surface area contributed by atoms with Crippen molar-refractivity contribution in [3.8, 4) is 17.2 Å². The van der Waals surface area contributed by atoms with Crippen LogP contribution in [0.5, 0.6) is 17.2 Å².